The van der Waals surface area contributed by atoms with Crippen LogP contribution in [-0.4, -0.2) is 20.2 Å². The minimum atomic E-state index is 0.625. The van der Waals surface area contributed by atoms with E-state index in [1.165, 1.54) is 11.3 Å². The number of aromatic nitrogens is 4. The number of nitrogens with one attached hydrogen (secondary N) is 1. The van der Waals surface area contributed by atoms with Crippen LogP contribution in [0, 0.1) is 0 Å². The highest BCUT2D eigenvalue weighted by Crippen LogP contribution is 2.26. The molecule has 0 fully saturated rings. The van der Waals surface area contributed by atoms with E-state index in [0.29, 0.717) is 6.54 Å². The minimum Gasteiger partial charge on any atom is -0.354 e. The molecule has 7 heteroatoms. The highest BCUT2D eigenvalue weighted by atomic mass is 32.1. The molecule has 4 aromatic rings. The van der Waals surface area contributed by atoms with Crippen LogP contribution in [0.2, 0.25) is 0 Å². The topological polar surface area (TPSA) is 63.6 Å². The lowest BCUT2D eigenvalue weighted by Crippen LogP contribution is -1.99. The molecule has 118 valence electrons. The predicted octanol–water partition coefficient (Wildman–Crippen LogP) is 4.34. The summed E-state index contributed by atoms with van der Waals surface area (Å²) in [6, 6.07) is 15.9. The van der Waals surface area contributed by atoms with Gasteiger partial charge in [0.25, 0.3) is 0 Å². The zero-order valence-corrected chi connectivity index (χ0v) is 14.2. The second-order valence-corrected chi connectivity index (χ2v) is 6.83. The van der Waals surface area contributed by atoms with Crippen molar-refractivity contribution in [3.8, 4) is 21.3 Å². The number of anilines is 1. The molecular weight excluding hydrogens is 338 g/mol. The second-order valence-electron chi connectivity index (χ2n) is 4.99. The monoisotopic (exact) mass is 351 g/mol. The largest absolute Gasteiger partial charge is 0.354 e. The molecule has 5 nitrogen and oxygen atoms in total. The fourth-order valence-corrected chi connectivity index (χ4v) is 3.70. The summed E-state index contributed by atoms with van der Waals surface area (Å²) < 4.78 is 0. The van der Waals surface area contributed by atoms with Gasteiger partial charge in [0, 0.05) is 17.1 Å². The Morgan fingerprint density at radius 1 is 0.917 bits per heavy atom. The molecule has 0 spiro atoms. The molecule has 0 saturated heterocycles. The molecule has 0 radical (unpaired) electrons. The molecule has 0 amide bonds. The molecule has 0 aliphatic heterocycles. The zero-order chi connectivity index (χ0) is 16.2. The first-order chi connectivity index (χ1) is 11.9. The van der Waals surface area contributed by atoms with Gasteiger partial charge in [-0.3, -0.25) is 4.98 Å². The SMILES string of the molecule is c1ccc(-c2nc(CNc3nnc(-c4ccccn4)s3)cs2)cc1. The highest BCUT2D eigenvalue weighted by molar-refractivity contribution is 7.18. The average molecular weight is 351 g/mol. The van der Waals surface area contributed by atoms with Crippen molar-refractivity contribution in [2.24, 2.45) is 0 Å². The Balaban J connectivity index is 1.43. The van der Waals surface area contributed by atoms with Crippen molar-refractivity contribution in [2.45, 2.75) is 6.54 Å². The number of hydrogen-bond donors (Lipinski definition) is 1. The van der Waals surface area contributed by atoms with Crippen LogP contribution < -0.4 is 5.32 Å². The van der Waals surface area contributed by atoms with Gasteiger partial charge in [-0.2, -0.15) is 0 Å². The molecular formula is C17H13N5S2. The standard InChI is InChI=1S/C17H13N5S2/c1-2-6-12(7-3-1)15-20-13(11-23-15)10-19-17-22-21-16(24-17)14-8-4-5-9-18-14/h1-9,11H,10H2,(H,19,22). The summed E-state index contributed by atoms with van der Waals surface area (Å²) in [6.07, 6.45) is 1.75. The third-order valence-electron chi connectivity index (χ3n) is 3.30. The molecule has 0 aliphatic carbocycles. The van der Waals surface area contributed by atoms with Gasteiger partial charge < -0.3 is 5.32 Å². The van der Waals surface area contributed by atoms with Crippen molar-refractivity contribution in [1.29, 1.82) is 0 Å². The van der Waals surface area contributed by atoms with Crippen molar-refractivity contribution in [1.82, 2.24) is 20.2 Å². The third-order valence-corrected chi connectivity index (χ3v) is 5.15. The number of rotatable bonds is 5. The van der Waals surface area contributed by atoms with Crippen LogP contribution in [0.15, 0.2) is 60.1 Å². The normalized spacial score (nSPS) is 10.7. The minimum absolute atomic E-state index is 0.625. The molecule has 0 saturated carbocycles. The van der Waals surface area contributed by atoms with E-state index in [0.717, 1.165) is 32.1 Å². The molecule has 1 N–H and O–H groups in total. The number of hydrogen-bond acceptors (Lipinski definition) is 7. The Morgan fingerprint density at radius 3 is 2.62 bits per heavy atom. The van der Waals surface area contributed by atoms with Crippen molar-refractivity contribution in [2.75, 3.05) is 5.32 Å². The summed E-state index contributed by atoms with van der Waals surface area (Å²) in [4.78, 5) is 8.95. The Bertz CT molecular complexity index is 841. The van der Waals surface area contributed by atoms with Gasteiger partial charge in [-0.05, 0) is 12.1 Å². The van der Waals surface area contributed by atoms with E-state index in [9.17, 15) is 0 Å². The van der Waals surface area contributed by atoms with Gasteiger partial charge in [0.15, 0.2) is 5.01 Å². The van der Waals surface area contributed by atoms with Crippen LogP contribution in [0.1, 0.15) is 5.69 Å². The van der Waals surface area contributed by atoms with Gasteiger partial charge in [-0.15, -0.1) is 21.5 Å². The molecule has 0 unspecified atom stereocenters. The van der Waals surface area contributed by atoms with E-state index in [1.54, 1.807) is 17.5 Å². The number of benzene rings is 1. The van der Waals surface area contributed by atoms with Gasteiger partial charge in [0.1, 0.15) is 10.7 Å². The maximum Gasteiger partial charge on any atom is 0.206 e. The first-order valence-corrected chi connectivity index (χ1v) is 9.07. The van der Waals surface area contributed by atoms with E-state index in [2.05, 4.69) is 43.0 Å². The van der Waals surface area contributed by atoms with Crippen LogP contribution in [-0.2, 0) is 6.54 Å². The van der Waals surface area contributed by atoms with E-state index in [4.69, 9.17) is 0 Å². The molecule has 1 aromatic carbocycles. The fourth-order valence-electron chi connectivity index (χ4n) is 2.16. The Labute approximate surface area is 147 Å². The molecule has 4 rings (SSSR count). The zero-order valence-electron chi connectivity index (χ0n) is 12.6. The third kappa shape index (κ3) is 3.32. The summed E-state index contributed by atoms with van der Waals surface area (Å²) in [7, 11) is 0. The number of pyridine rings is 1. The van der Waals surface area contributed by atoms with Crippen molar-refractivity contribution >= 4 is 27.8 Å². The Hall–Kier alpha value is -2.64. The summed E-state index contributed by atoms with van der Waals surface area (Å²) in [5, 5.41) is 16.3. The van der Waals surface area contributed by atoms with Crippen molar-refractivity contribution in [3.05, 3.63) is 65.8 Å². The molecule has 24 heavy (non-hydrogen) atoms. The van der Waals surface area contributed by atoms with E-state index >= 15 is 0 Å². The fraction of sp³-hybridized carbons (Fsp3) is 0.0588. The number of thiazole rings is 1. The smallest absolute Gasteiger partial charge is 0.206 e. The van der Waals surface area contributed by atoms with Crippen molar-refractivity contribution < 1.29 is 0 Å². The second kappa shape index (κ2) is 6.86. The summed E-state index contributed by atoms with van der Waals surface area (Å²) >= 11 is 3.13. The summed E-state index contributed by atoms with van der Waals surface area (Å²) in [5.41, 5.74) is 2.97. The first kappa shape index (κ1) is 14.9. The molecule has 0 aliphatic rings. The summed E-state index contributed by atoms with van der Waals surface area (Å²) in [5.74, 6) is 0. The van der Waals surface area contributed by atoms with Gasteiger partial charge in [0.05, 0.1) is 12.2 Å². The number of nitrogens with zero attached hydrogens (tertiary/aromatic N) is 4. The van der Waals surface area contributed by atoms with Gasteiger partial charge in [0.2, 0.25) is 5.13 Å². The maximum absolute atomic E-state index is 4.66. The molecule has 0 bridgehead atoms. The lowest BCUT2D eigenvalue weighted by Gasteiger charge is -1.98. The van der Waals surface area contributed by atoms with Crippen LogP contribution >= 0.6 is 22.7 Å². The van der Waals surface area contributed by atoms with Crippen LogP contribution in [0.4, 0.5) is 5.13 Å². The average Bonchev–Trinajstić information content (AvgIpc) is 3.31. The van der Waals surface area contributed by atoms with E-state index < -0.39 is 0 Å². The Morgan fingerprint density at radius 2 is 1.79 bits per heavy atom. The highest BCUT2D eigenvalue weighted by Gasteiger charge is 2.08. The molecule has 3 heterocycles. The first-order valence-electron chi connectivity index (χ1n) is 7.37. The summed E-state index contributed by atoms with van der Waals surface area (Å²) in [6.45, 7) is 0.625. The van der Waals surface area contributed by atoms with Gasteiger partial charge in [-0.1, -0.05) is 47.7 Å². The lowest BCUT2D eigenvalue weighted by atomic mass is 10.2. The maximum atomic E-state index is 4.66. The van der Waals surface area contributed by atoms with Gasteiger partial charge in [-0.25, -0.2) is 4.98 Å². The van der Waals surface area contributed by atoms with Crippen LogP contribution in [0.3, 0.4) is 0 Å². The van der Waals surface area contributed by atoms with Gasteiger partial charge >= 0.3 is 0 Å². The van der Waals surface area contributed by atoms with Crippen LogP contribution in [0.25, 0.3) is 21.3 Å². The molecule has 3 aromatic heterocycles. The molecule has 0 atom stereocenters. The lowest BCUT2D eigenvalue weighted by molar-refractivity contribution is 1.03. The Kier molecular flexibility index (Phi) is 4.26. The predicted molar refractivity (Wildman–Crippen MR) is 98.0 cm³/mol. The van der Waals surface area contributed by atoms with E-state index in [-0.39, 0.29) is 0 Å². The van der Waals surface area contributed by atoms with Crippen molar-refractivity contribution in [3.63, 3.8) is 0 Å². The van der Waals surface area contributed by atoms with Crippen LogP contribution in [0.5, 0.6) is 0 Å². The van der Waals surface area contributed by atoms with E-state index in [1.807, 2.05) is 36.4 Å². The quantitative estimate of drug-likeness (QED) is 0.579.